The third-order valence-electron chi connectivity index (χ3n) is 3.29. The Morgan fingerprint density at radius 2 is 2.00 bits per heavy atom. The molecule has 0 aliphatic carbocycles. The first-order valence-corrected chi connectivity index (χ1v) is 6.28. The van der Waals surface area contributed by atoms with Crippen molar-refractivity contribution in [3.8, 4) is 0 Å². The van der Waals surface area contributed by atoms with Crippen molar-refractivity contribution in [3.63, 3.8) is 0 Å². The predicted molar refractivity (Wildman–Crippen MR) is 70.0 cm³/mol. The van der Waals surface area contributed by atoms with Gasteiger partial charge in [-0.05, 0) is 23.9 Å². The molecule has 0 aliphatic rings. The standard InChI is InChI=1S/C15H17N2/c1-2-3-9-16-11-12-17-10-8-13-6-4-5-7-14(13)15(16)17/h4-8,10-12H,2-3,9H2,1H3/q+1. The number of pyridine rings is 1. The molecule has 0 aliphatic heterocycles. The zero-order valence-electron chi connectivity index (χ0n) is 10.1. The monoisotopic (exact) mass is 225 g/mol. The van der Waals surface area contributed by atoms with Gasteiger partial charge in [0.05, 0.1) is 18.1 Å². The molecule has 17 heavy (non-hydrogen) atoms. The number of aryl methyl sites for hydroxylation is 1. The predicted octanol–water partition coefficient (Wildman–Crippen LogP) is 3.18. The van der Waals surface area contributed by atoms with Crippen LogP contribution in [0.4, 0.5) is 0 Å². The summed E-state index contributed by atoms with van der Waals surface area (Å²) in [4.78, 5) is 0. The summed E-state index contributed by atoms with van der Waals surface area (Å²) in [7, 11) is 0. The molecular formula is C15H17N2+. The Kier molecular flexibility index (Phi) is 2.56. The average Bonchev–Trinajstić information content (AvgIpc) is 2.80. The molecule has 0 N–H and O–H groups in total. The number of fused-ring (bicyclic) bond motifs is 3. The molecular weight excluding hydrogens is 208 g/mol. The lowest BCUT2D eigenvalue weighted by atomic mass is 10.2. The molecule has 86 valence electrons. The summed E-state index contributed by atoms with van der Waals surface area (Å²) >= 11 is 0. The Morgan fingerprint density at radius 3 is 2.88 bits per heavy atom. The van der Waals surface area contributed by atoms with Crippen molar-refractivity contribution in [1.82, 2.24) is 4.40 Å². The van der Waals surface area contributed by atoms with Crippen LogP contribution >= 0.6 is 0 Å². The van der Waals surface area contributed by atoms with E-state index in [9.17, 15) is 0 Å². The second-order valence-corrected chi connectivity index (χ2v) is 4.48. The number of unbranched alkanes of at least 4 members (excludes halogenated alkanes) is 1. The maximum absolute atomic E-state index is 2.35. The molecule has 2 aromatic heterocycles. The summed E-state index contributed by atoms with van der Waals surface area (Å²) in [5, 5.41) is 2.64. The molecule has 1 aromatic carbocycles. The lowest BCUT2D eigenvalue weighted by Crippen LogP contribution is -2.32. The molecule has 0 saturated heterocycles. The quantitative estimate of drug-likeness (QED) is 0.605. The van der Waals surface area contributed by atoms with Gasteiger partial charge in [-0.25, -0.2) is 8.97 Å². The highest BCUT2D eigenvalue weighted by atomic mass is 15.1. The number of benzene rings is 1. The van der Waals surface area contributed by atoms with Crippen molar-refractivity contribution in [1.29, 1.82) is 0 Å². The molecule has 3 aromatic rings. The van der Waals surface area contributed by atoms with Gasteiger partial charge in [0, 0.05) is 0 Å². The summed E-state index contributed by atoms with van der Waals surface area (Å²) in [5.41, 5.74) is 1.30. The van der Waals surface area contributed by atoms with Crippen molar-refractivity contribution in [3.05, 3.63) is 48.9 Å². The fraction of sp³-hybridized carbons (Fsp3) is 0.267. The Morgan fingerprint density at radius 1 is 1.12 bits per heavy atom. The minimum atomic E-state index is 1.10. The van der Waals surface area contributed by atoms with Gasteiger partial charge in [-0.3, -0.25) is 0 Å². The minimum Gasteiger partial charge on any atom is -0.230 e. The number of nitrogens with zero attached hydrogens (tertiary/aromatic N) is 2. The number of hydrogen-bond donors (Lipinski definition) is 0. The first-order chi connectivity index (χ1) is 8.40. The van der Waals surface area contributed by atoms with Crippen molar-refractivity contribution >= 4 is 16.4 Å². The van der Waals surface area contributed by atoms with E-state index in [2.05, 4.69) is 64.8 Å². The van der Waals surface area contributed by atoms with E-state index in [1.165, 1.54) is 29.3 Å². The van der Waals surface area contributed by atoms with E-state index < -0.39 is 0 Å². The van der Waals surface area contributed by atoms with Crippen LogP contribution in [0.25, 0.3) is 16.4 Å². The van der Waals surface area contributed by atoms with E-state index >= 15 is 0 Å². The second kappa shape index (κ2) is 4.21. The molecule has 0 bridgehead atoms. The van der Waals surface area contributed by atoms with Crippen LogP contribution in [0.15, 0.2) is 48.9 Å². The average molecular weight is 225 g/mol. The number of rotatable bonds is 3. The second-order valence-electron chi connectivity index (χ2n) is 4.48. The van der Waals surface area contributed by atoms with Gasteiger partial charge in [-0.1, -0.05) is 31.5 Å². The maximum Gasteiger partial charge on any atom is 0.294 e. The molecule has 2 heteroatoms. The SMILES string of the molecule is CCCC[n+]1ccn2ccc3ccccc3c21. The summed E-state index contributed by atoms with van der Waals surface area (Å²) in [6.45, 7) is 3.33. The van der Waals surface area contributed by atoms with Crippen LogP contribution < -0.4 is 4.57 Å². The van der Waals surface area contributed by atoms with E-state index in [1.54, 1.807) is 0 Å². The number of imidazole rings is 1. The Labute approximate surface area is 101 Å². The first-order valence-electron chi connectivity index (χ1n) is 6.28. The molecule has 0 fully saturated rings. The highest BCUT2D eigenvalue weighted by Gasteiger charge is 2.12. The number of hydrogen-bond acceptors (Lipinski definition) is 0. The molecule has 3 rings (SSSR count). The molecule has 0 unspecified atom stereocenters. The van der Waals surface area contributed by atoms with Gasteiger partial charge in [0.25, 0.3) is 5.65 Å². The van der Waals surface area contributed by atoms with Crippen LogP contribution in [0.1, 0.15) is 19.8 Å². The van der Waals surface area contributed by atoms with Crippen LogP contribution in [0.3, 0.4) is 0 Å². The smallest absolute Gasteiger partial charge is 0.230 e. The topological polar surface area (TPSA) is 8.29 Å². The summed E-state index contributed by atoms with van der Waals surface area (Å²) in [6, 6.07) is 10.8. The van der Waals surface area contributed by atoms with E-state index in [1.807, 2.05) is 0 Å². The molecule has 2 nitrogen and oxygen atoms in total. The van der Waals surface area contributed by atoms with E-state index in [-0.39, 0.29) is 0 Å². The lowest BCUT2D eigenvalue weighted by molar-refractivity contribution is -0.670. The van der Waals surface area contributed by atoms with E-state index in [4.69, 9.17) is 0 Å². The van der Waals surface area contributed by atoms with Crippen molar-refractivity contribution in [2.24, 2.45) is 0 Å². The van der Waals surface area contributed by atoms with Gasteiger partial charge < -0.3 is 0 Å². The van der Waals surface area contributed by atoms with Crippen LogP contribution in [-0.4, -0.2) is 4.40 Å². The highest BCUT2D eigenvalue weighted by Crippen LogP contribution is 2.17. The lowest BCUT2D eigenvalue weighted by Gasteiger charge is -2.00. The van der Waals surface area contributed by atoms with Gasteiger partial charge in [-0.15, -0.1) is 0 Å². The zero-order valence-corrected chi connectivity index (χ0v) is 10.1. The van der Waals surface area contributed by atoms with Crippen LogP contribution in [0.2, 0.25) is 0 Å². The minimum absolute atomic E-state index is 1.10. The van der Waals surface area contributed by atoms with Gasteiger partial charge in [-0.2, -0.15) is 0 Å². The van der Waals surface area contributed by atoms with Gasteiger partial charge in [0.1, 0.15) is 12.4 Å². The molecule has 0 amide bonds. The summed E-state index contributed by atoms with van der Waals surface area (Å²) in [6.07, 6.45) is 8.91. The fourth-order valence-corrected chi connectivity index (χ4v) is 2.37. The molecule has 0 saturated carbocycles. The summed E-state index contributed by atoms with van der Waals surface area (Å²) < 4.78 is 4.56. The first kappa shape index (κ1) is 10.3. The third kappa shape index (κ3) is 1.70. The Balaban J connectivity index is 2.27. The largest absolute Gasteiger partial charge is 0.294 e. The summed E-state index contributed by atoms with van der Waals surface area (Å²) in [5.74, 6) is 0. The molecule has 2 heterocycles. The molecule has 0 atom stereocenters. The maximum atomic E-state index is 2.35. The Hall–Kier alpha value is -1.83. The van der Waals surface area contributed by atoms with E-state index in [0.717, 1.165) is 6.54 Å². The normalized spacial score (nSPS) is 11.4. The van der Waals surface area contributed by atoms with Crippen molar-refractivity contribution < 1.29 is 4.57 Å². The molecule has 0 radical (unpaired) electrons. The van der Waals surface area contributed by atoms with Gasteiger partial charge >= 0.3 is 0 Å². The van der Waals surface area contributed by atoms with Gasteiger partial charge in [0.15, 0.2) is 0 Å². The van der Waals surface area contributed by atoms with Crippen LogP contribution in [0.5, 0.6) is 0 Å². The van der Waals surface area contributed by atoms with Crippen LogP contribution in [-0.2, 0) is 6.54 Å². The highest BCUT2D eigenvalue weighted by molar-refractivity contribution is 5.92. The van der Waals surface area contributed by atoms with Crippen LogP contribution in [0, 0.1) is 0 Å². The third-order valence-corrected chi connectivity index (χ3v) is 3.29. The zero-order chi connectivity index (χ0) is 11.7. The number of aromatic nitrogens is 2. The Bertz CT molecular complexity index is 652. The van der Waals surface area contributed by atoms with Crippen molar-refractivity contribution in [2.75, 3.05) is 0 Å². The van der Waals surface area contributed by atoms with Crippen molar-refractivity contribution in [2.45, 2.75) is 26.3 Å². The van der Waals surface area contributed by atoms with Gasteiger partial charge in [0.2, 0.25) is 0 Å². The van der Waals surface area contributed by atoms with E-state index in [0.29, 0.717) is 0 Å². The molecule has 0 spiro atoms. The fourth-order valence-electron chi connectivity index (χ4n) is 2.37.